The van der Waals surface area contributed by atoms with Crippen LogP contribution in [0.4, 0.5) is 0 Å². The van der Waals surface area contributed by atoms with Crippen LogP contribution in [0, 0.1) is 0 Å². The minimum absolute atomic E-state index is 0. The Hall–Kier alpha value is -1.63. The van der Waals surface area contributed by atoms with Gasteiger partial charge in [-0.15, -0.1) is 12.4 Å². The van der Waals surface area contributed by atoms with Gasteiger partial charge in [0.05, 0.1) is 6.54 Å². The van der Waals surface area contributed by atoms with Crippen LogP contribution in [0.15, 0.2) is 30.3 Å². The molecule has 2 aliphatic heterocycles. The van der Waals surface area contributed by atoms with Gasteiger partial charge in [-0.1, -0.05) is 30.3 Å². The van der Waals surface area contributed by atoms with E-state index >= 15 is 0 Å². The molecular weight excluding hydrogens is 390 g/mol. The van der Waals surface area contributed by atoms with E-state index in [0.717, 1.165) is 63.8 Å². The molecule has 7 heteroatoms. The van der Waals surface area contributed by atoms with Crippen LogP contribution in [-0.4, -0.2) is 77.5 Å². The number of nitrogens with zero attached hydrogens (tertiary/aromatic N) is 3. The zero-order chi connectivity index (χ0) is 19.9. The van der Waals surface area contributed by atoms with Crippen molar-refractivity contribution in [2.75, 3.05) is 39.8 Å². The molecule has 1 amide bonds. The van der Waals surface area contributed by atoms with Crippen molar-refractivity contribution in [1.29, 1.82) is 0 Å². The van der Waals surface area contributed by atoms with E-state index < -0.39 is 5.97 Å². The third kappa shape index (κ3) is 6.43. The van der Waals surface area contributed by atoms with Crippen molar-refractivity contribution in [1.82, 2.24) is 14.7 Å². The first-order valence-electron chi connectivity index (χ1n) is 10.6. The number of rotatable bonds is 6. The van der Waals surface area contributed by atoms with Crippen LogP contribution < -0.4 is 0 Å². The second-order valence-corrected chi connectivity index (χ2v) is 8.13. The summed E-state index contributed by atoms with van der Waals surface area (Å²) in [6.45, 7) is 3.48. The monoisotopic (exact) mass is 423 g/mol. The Morgan fingerprint density at radius 3 is 2.38 bits per heavy atom. The van der Waals surface area contributed by atoms with E-state index in [1.54, 1.807) is 0 Å². The second-order valence-electron chi connectivity index (χ2n) is 8.13. The predicted molar refractivity (Wildman–Crippen MR) is 116 cm³/mol. The number of benzene rings is 1. The first-order chi connectivity index (χ1) is 13.6. The molecule has 0 saturated carbocycles. The third-order valence-corrected chi connectivity index (χ3v) is 6.12. The van der Waals surface area contributed by atoms with E-state index in [1.165, 1.54) is 6.42 Å². The van der Waals surface area contributed by atoms with Crippen LogP contribution in [0.2, 0.25) is 0 Å². The number of carboxylic acid groups (broad SMARTS) is 1. The molecule has 2 atom stereocenters. The van der Waals surface area contributed by atoms with Crippen molar-refractivity contribution in [2.24, 2.45) is 0 Å². The Kier molecular flexibility index (Phi) is 9.40. The molecular formula is C22H34ClN3O3. The Labute approximate surface area is 180 Å². The van der Waals surface area contributed by atoms with Crippen LogP contribution in [0.25, 0.3) is 0 Å². The number of aliphatic carboxylic acids is 1. The van der Waals surface area contributed by atoms with Crippen LogP contribution >= 0.6 is 12.4 Å². The number of piperidine rings is 1. The molecule has 2 fully saturated rings. The highest BCUT2D eigenvalue weighted by Crippen LogP contribution is 2.28. The van der Waals surface area contributed by atoms with Crippen molar-refractivity contribution in [3.8, 4) is 0 Å². The Morgan fingerprint density at radius 1 is 1.03 bits per heavy atom. The van der Waals surface area contributed by atoms with Crippen LogP contribution in [0.3, 0.4) is 0 Å². The lowest BCUT2D eigenvalue weighted by Gasteiger charge is -2.36. The molecule has 2 heterocycles. The molecule has 0 spiro atoms. The number of likely N-dealkylation sites (tertiary alicyclic amines) is 2. The molecule has 0 aliphatic carbocycles. The maximum atomic E-state index is 13.5. The minimum atomic E-state index is -0.786. The smallest absolute Gasteiger partial charge is 0.317 e. The summed E-state index contributed by atoms with van der Waals surface area (Å²) in [6.07, 6.45) is 6.23. The van der Waals surface area contributed by atoms with Gasteiger partial charge in [0.25, 0.3) is 0 Å². The fourth-order valence-electron chi connectivity index (χ4n) is 4.57. The number of carboxylic acids is 1. The lowest BCUT2D eigenvalue weighted by molar-refractivity contribution is -0.139. The van der Waals surface area contributed by atoms with Gasteiger partial charge in [-0.05, 0) is 57.7 Å². The van der Waals surface area contributed by atoms with E-state index in [2.05, 4.69) is 17.0 Å². The van der Waals surface area contributed by atoms with Gasteiger partial charge in [0.2, 0.25) is 5.91 Å². The highest BCUT2D eigenvalue weighted by atomic mass is 35.5. The van der Waals surface area contributed by atoms with Crippen LogP contribution in [0.1, 0.15) is 50.1 Å². The SMILES string of the molecule is CN(CC(=O)O)C1CCCN(C(C(=O)N2CCCCC2)c2ccccc2)CC1.Cl. The lowest BCUT2D eigenvalue weighted by atomic mass is 10.0. The largest absolute Gasteiger partial charge is 0.480 e. The van der Waals surface area contributed by atoms with Crippen molar-refractivity contribution in [2.45, 2.75) is 50.6 Å². The van der Waals surface area contributed by atoms with Gasteiger partial charge < -0.3 is 10.0 Å². The Balaban J connectivity index is 0.00000300. The van der Waals surface area contributed by atoms with Crippen LogP contribution in [0.5, 0.6) is 0 Å². The number of hydrogen-bond acceptors (Lipinski definition) is 4. The highest BCUT2D eigenvalue weighted by Gasteiger charge is 2.33. The number of likely N-dealkylation sites (N-methyl/N-ethyl adjacent to an activating group) is 1. The van der Waals surface area contributed by atoms with Crippen molar-refractivity contribution in [3.63, 3.8) is 0 Å². The fourth-order valence-corrected chi connectivity index (χ4v) is 4.57. The standard InChI is InChI=1S/C22H33N3O3.ClH/c1-23(17-20(26)27)19-11-8-15-24(16-12-19)21(18-9-4-2-5-10-18)22(28)25-13-6-3-7-14-25;/h2,4-5,9-10,19,21H,3,6-8,11-17H2,1H3,(H,26,27);1H. The maximum Gasteiger partial charge on any atom is 0.317 e. The quantitative estimate of drug-likeness (QED) is 0.761. The number of amides is 1. The molecule has 1 N–H and O–H groups in total. The molecule has 0 bridgehead atoms. The highest BCUT2D eigenvalue weighted by molar-refractivity contribution is 5.85. The number of halogens is 1. The molecule has 3 rings (SSSR count). The molecule has 1 aromatic carbocycles. The zero-order valence-electron chi connectivity index (χ0n) is 17.3. The molecule has 0 radical (unpaired) electrons. The summed E-state index contributed by atoms with van der Waals surface area (Å²) in [5.41, 5.74) is 1.07. The summed E-state index contributed by atoms with van der Waals surface area (Å²) in [7, 11) is 1.89. The average Bonchev–Trinajstić information content (AvgIpc) is 2.95. The van der Waals surface area contributed by atoms with Gasteiger partial charge in [-0.2, -0.15) is 0 Å². The van der Waals surface area contributed by atoms with Crippen molar-refractivity contribution >= 4 is 24.3 Å². The zero-order valence-corrected chi connectivity index (χ0v) is 18.1. The van der Waals surface area contributed by atoms with Gasteiger partial charge in [0.1, 0.15) is 6.04 Å². The predicted octanol–water partition coefficient (Wildman–Crippen LogP) is 3.03. The van der Waals surface area contributed by atoms with E-state index in [9.17, 15) is 9.59 Å². The Bertz CT molecular complexity index is 652. The summed E-state index contributed by atoms with van der Waals surface area (Å²) < 4.78 is 0. The van der Waals surface area contributed by atoms with Crippen molar-refractivity contribution < 1.29 is 14.7 Å². The minimum Gasteiger partial charge on any atom is -0.480 e. The summed E-state index contributed by atoms with van der Waals surface area (Å²) in [6, 6.07) is 10.1. The molecule has 1 aromatic rings. The van der Waals surface area contributed by atoms with Crippen molar-refractivity contribution in [3.05, 3.63) is 35.9 Å². The topological polar surface area (TPSA) is 64.1 Å². The summed E-state index contributed by atoms with van der Waals surface area (Å²) in [5, 5.41) is 9.09. The maximum absolute atomic E-state index is 13.5. The van der Waals surface area contributed by atoms with Gasteiger partial charge in [0.15, 0.2) is 0 Å². The lowest BCUT2D eigenvalue weighted by Crippen LogP contribution is -2.45. The average molecular weight is 424 g/mol. The number of carbonyl (C=O) groups excluding carboxylic acids is 1. The first-order valence-corrected chi connectivity index (χ1v) is 10.6. The van der Waals surface area contributed by atoms with Gasteiger partial charge in [-0.25, -0.2) is 0 Å². The van der Waals surface area contributed by atoms with E-state index in [-0.39, 0.29) is 36.9 Å². The molecule has 0 aromatic heterocycles. The van der Waals surface area contributed by atoms with Gasteiger partial charge in [-0.3, -0.25) is 19.4 Å². The van der Waals surface area contributed by atoms with E-state index in [1.807, 2.05) is 35.0 Å². The molecule has 2 unspecified atom stereocenters. The fraction of sp³-hybridized carbons (Fsp3) is 0.636. The summed E-state index contributed by atoms with van der Waals surface area (Å²) in [5.74, 6) is -0.561. The number of hydrogen-bond donors (Lipinski definition) is 1. The van der Waals surface area contributed by atoms with Gasteiger partial charge >= 0.3 is 5.97 Å². The molecule has 6 nitrogen and oxygen atoms in total. The molecule has 2 saturated heterocycles. The summed E-state index contributed by atoms with van der Waals surface area (Å²) >= 11 is 0. The Morgan fingerprint density at radius 2 is 1.72 bits per heavy atom. The van der Waals surface area contributed by atoms with E-state index in [4.69, 9.17) is 5.11 Å². The van der Waals surface area contributed by atoms with Gasteiger partial charge in [0, 0.05) is 25.7 Å². The molecule has 162 valence electrons. The van der Waals surface area contributed by atoms with E-state index in [0.29, 0.717) is 0 Å². The molecule has 2 aliphatic rings. The summed E-state index contributed by atoms with van der Waals surface area (Å²) in [4.78, 5) is 30.8. The van der Waals surface area contributed by atoms with Crippen LogP contribution in [-0.2, 0) is 9.59 Å². The first kappa shape index (κ1) is 23.6. The third-order valence-electron chi connectivity index (χ3n) is 6.12. The normalized spacial score (nSPS) is 21.9. The number of carbonyl (C=O) groups is 2. The second kappa shape index (κ2) is 11.5. The molecule has 29 heavy (non-hydrogen) atoms.